The van der Waals surface area contributed by atoms with Gasteiger partial charge in [0.25, 0.3) is 0 Å². The fraction of sp³-hybridized carbons (Fsp3) is 0.333. The summed E-state index contributed by atoms with van der Waals surface area (Å²) in [5.74, 6) is -0.0503. The van der Waals surface area contributed by atoms with Crippen molar-refractivity contribution in [2.45, 2.75) is 25.7 Å². The van der Waals surface area contributed by atoms with Crippen LogP contribution >= 0.6 is 11.6 Å². The molecule has 1 fully saturated rings. The molecule has 2 aromatic rings. The second-order valence-corrected chi connectivity index (χ2v) is 7.00. The fourth-order valence-corrected chi connectivity index (χ4v) is 3.01. The molecule has 3 rings (SSSR count). The van der Waals surface area contributed by atoms with Gasteiger partial charge in [0.1, 0.15) is 6.61 Å². The van der Waals surface area contributed by atoms with Gasteiger partial charge in [0.05, 0.1) is 33.0 Å². The van der Waals surface area contributed by atoms with Crippen LogP contribution in [0, 0.1) is 0 Å². The molecule has 0 aromatic heterocycles. The highest BCUT2D eigenvalue weighted by atomic mass is 35.5. The summed E-state index contributed by atoms with van der Waals surface area (Å²) in [6, 6.07) is 12.8. The Bertz CT molecular complexity index is 881. The standard InChI is InChI=1S/C21H23ClN2O5/c1-21(28-9-10-29-21)12-20(25)24-23-13-15-7-8-18(19(11-15)26-2)27-14-16-5-3-4-6-17(16)22/h3-8,11,13H,9-10,12,14H2,1-2H3,(H,24,25)/b23-13-. The summed E-state index contributed by atoms with van der Waals surface area (Å²) in [6.45, 7) is 3.02. The Hall–Kier alpha value is -2.61. The smallest absolute Gasteiger partial charge is 0.245 e. The molecule has 1 amide bonds. The van der Waals surface area contributed by atoms with E-state index in [9.17, 15) is 4.79 Å². The van der Waals surface area contributed by atoms with E-state index < -0.39 is 5.79 Å². The van der Waals surface area contributed by atoms with Crippen molar-refractivity contribution < 1.29 is 23.7 Å². The fourth-order valence-electron chi connectivity index (χ4n) is 2.82. The SMILES string of the molecule is COc1cc(/C=N\NC(=O)CC2(C)OCCO2)ccc1OCc1ccccc1Cl. The predicted octanol–water partition coefficient (Wildman–Crippen LogP) is 3.53. The van der Waals surface area contributed by atoms with E-state index in [1.165, 1.54) is 6.21 Å². The van der Waals surface area contributed by atoms with E-state index in [4.69, 9.17) is 30.5 Å². The molecule has 1 aliphatic heterocycles. The van der Waals surface area contributed by atoms with Crippen LogP contribution < -0.4 is 14.9 Å². The summed E-state index contributed by atoms with van der Waals surface area (Å²) in [5.41, 5.74) is 4.10. The lowest BCUT2D eigenvalue weighted by molar-refractivity contribution is -0.159. The number of halogens is 1. The molecule has 0 atom stereocenters. The Morgan fingerprint density at radius 3 is 2.72 bits per heavy atom. The van der Waals surface area contributed by atoms with Crippen molar-refractivity contribution in [2.75, 3.05) is 20.3 Å². The molecule has 1 aliphatic rings. The van der Waals surface area contributed by atoms with Gasteiger partial charge in [-0.1, -0.05) is 29.8 Å². The number of methoxy groups -OCH3 is 1. The van der Waals surface area contributed by atoms with Gasteiger partial charge < -0.3 is 18.9 Å². The zero-order chi connectivity index (χ0) is 20.7. The average molecular weight is 419 g/mol. The van der Waals surface area contributed by atoms with Crippen LogP contribution in [0.2, 0.25) is 5.02 Å². The van der Waals surface area contributed by atoms with Crippen molar-refractivity contribution in [1.29, 1.82) is 0 Å². The molecule has 0 unspecified atom stereocenters. The van der Waals surface area contributed by atoms with Gasteiger partial charge in [0.15, 0.2) is 17.3 Å². The van der Waals surface area contributed by atoms with Crippen molar-refractivity contribution in [3.8, 4) is 11.5 Å². The number of ether oxygens (including phenoxy) is 4. The number of hydrogen-bond acceptors (Lipinski definition) is 6. The van der Waals surface area contributed by atoms with E-state index >= 15 is 0 Å². The Balaban J connectivity index is 1.57. The van der Waals surface area contributed by atoms with E-state index in [0.717, 1.165) is 11.1 Å². The molecule has 0 spiro atoms. The number of hydrazone groups is 1. The number of rotatable bonds is 8. The highest BCUT2D eigenvalue weighted by Crippen LogP contribution is 2.29. The van der Waals surface area contributed by atoms with Crippen LogP contribution in [0.3, 0.4) is 0 Å². The Kier molecular flexibility index (Phi) is 7.09. The second kappa shape index (κ2) is 9.73. The summed E-state index contributed by atoms with van der Waals surface area (Å²) in [7, 11) is 1.56. The van der Waals surface area contributed by atoms with Gasteiger partial charge in [0, 0.05) is 10.6 Å². The van der Waals surface area contributed by atoms with E-state index in [2.05, 4.69) is 10.5 Å². The van der Waals surface area contributed by atoms with Gasteiger partial charge in [0.2, 0.25) is 5.91 Å². The van der Waals surface area contributed by atoms with Crippen molar-refractivity contribution in [2.24, 2.45) is 5.10 Å². The highest BCUT2D eigenvalue weighted by Gasteiger charge is 2.33. The van der Waals surface area contributed by atoms with Gasteiger partial charge in [-0.15, -0.1) is 0 Å². The van der Waals surface area contributed by atoms with Crippen LogP contribution in [0.1, 0.15) is 24.5 Å². The van der Waals surface area contributed by atoms with Crippen molar-refractivity contribution in [3.63, 3.8) is 0 Å². The Morgan fingerprint density at radius 1 is 1.24 bits per heavy atom. The van der Waals surface area contributed by atoms with Crippen LogP contribution in [0.5, 0.6) is 11.5 Å². The first-order chi connectivity index (χ1) is 14.0. The van der Waals surface area contributed by atoms with E-state index in [0.29, 0.717) is 36.3 Å². The third kappa shape index (κ3) is 5.93. The molecule has 0 saturated carbocycles. The predicted molar refractivity (Wildman–Crippen MR) is 109 cm³/mol. The van der Waals surface area contributed by atoms with Gasteiger partial charge in [-0.25, -0.2) is 5.43 Å². The maximum atomic E-state index is 12.0. The normalized spacial score (nSPS) is 15.4. The number of carbonyl (C=O) groups excluding carboxylic acids is 1. The minimum Gasteiger partial charge on any atom is -0.493 e. The molecule has 0 bridgehead atoms. The first kappa shape index (κ1) is 21.1. The summed E-state index contributed by atoms with van der Waals surface area (Å²) in [4.78, 5) is 12.0. The van der Waals surface area contributed by atoms with Gasteiger partial charge >= 0.3 is 0 Å². The third-order valence-corrected chi connectivity index (χ3v) is 4.68. The lowest BCUT2D eigenvalue weighted by Gasteiger charge is -2.20. The molecule has 0 radical (unpaired) electrons. The number of amides is 1. The molecule has 29 heavy (non-hydrogen) atoms. The molecular weight excluding hydrogens is 396 g/mol. The molecule has 2 aromatic carbocycles. The van der Waals surface area contributed by atoms with Gasteiger partial charge in [-0.3, -0.25) is 4.79 Å². The molecule has 1 saturated heterocycles. The molecular formula is C21H23ClN2O5. The monoisotopic (exact) mass is 418 g/mol. The van der Waals surface area contributed by atoms with Crippen LogP contribution in [0.4, 0.5) is 0 Å². The molecule has 1 N–H and O–H groups in total. The molecule has 8 heteroatoms. The first-order valence-corrected chi connectivity index (χ1v) is 9.51. The Labute approximate surface area is 174 Å². The van der Waals surface area contributed by atoms with Crippen LogP contribution in [0.15, 0.2) is 47.6 Å². The summed E-state index contributed by atoms with van der Waals surface area (Å²) in [6.07, 6.45) is 1.60. The number of hydrogen-bond donors (Lipinski definition) is 1. The van der Waals surface area contributed by atoms with E-state index in [-0.39, 0.29) is 12.3 Å². The molecule has 154 valence electrons. The minimum absolute atomic E-state index is 0.0719. The van der Waals surface area contributed by atoms with Gasteiger partial charge in [-0.2, -0.15) is 5.10 Å². The van der Waals surface area contributed by atoms with Crippen LogP contribution in [-0.2, 0) is 20.9 Å². The van der Waals surface area contributed by atoms with Crippen molar-refractivity contribution >= 4 is 23.7 Å². The Morgan fingerprint density at radius 2 is 2.00 bits per heavy atom. The van der Waals surface area contributed by atoms with Crippen LogP contribution in [-0.4, -0.2) is 38.2 Å². The van der Waals surface area contributed by atoms with Crippen molar-refractivity contribution in [1.82, 2.24) is 5.43 Å². The summed E-state index contributed by atoms with van der Waals surface area (Å²) >= 11 is 6.16. The topological polar surface area (TPSA) is 78.4 Å². The van der Waals surface area contributed by atoms with Gasteiger partial charge in [-0.05, 0) is 36.8 Å². The quantitative estimate of drug-likeness (QED) is 0.524. The third-order valence-electron chi connectivity index (χ3n) is 4.31. The highest BCUT2D eigenvalue weighted by molar-refractivity contribution is 6.31. The maximum absolute atomic E-state index is 12.0. The van der Waals surface area contributed by atoms with E-state index in [1.807, 2.05) is 30.3 Å². The van der Waals surface area contributed by atoms with E-state index in [1.54, 1.807) is 26.2 Å². The second-order valence-electron chi connectivity index (χ2n) is 6.59. The molecule has 1 heterocycles. The van der Waals surface area contributed by atoms with Crippen LogP contribution in [0.25, 0.3) is 0 Å². The number of nitrogens with zero attached hydrogens (tertiary/aromatic N) is 1. The zero-order valence-electron chi connectivity index (χ0n) is 16.3. The first-order valence-electron chi connectivity index (χ1n) is 9.13. The number of nitrogens with one attached hydrogen (secondary N) is 1. The summed E-state index contributed by atoms with van der Waals surface area (Å²) < 4.78 is 22.0. The number of carbonyl (C=O) groups is 1. The lowest BCUT2D eigenvalue weighted by Crippen LogP contribution is -2.33. The maximum Gasteiger partial charge on any atom is 0.245 e. The average Bonchev–Trinajstić information content (AvgIpc) is 3.13. The molecule has 0 aliphatic carbocycles. The summed E-state index contributed by atoms with van der Waals surface area (Å²) in [5, 5.41) is 4.62. The van der Waals surface area contributed by atoms with Crippen molar-refractivity contribution in [3.05, 3.63) is 58.6 Å². The zero-order valence-corrected chi connectivity index (χ0v) is 17.1. The number of benzene rings is 2. The molecule has 7 nitrogen and oxygen atoms in total. The minimum atomic E-state index is -0.885. The largest absolute Gasteiger partial charge is 0.493 e. The lowest BCUT2D eigenvalue weighted by atomic mass is 10.2.